The molecule has 0 aromatic heterocycles. The molecule has 0 fully saturated rings. The van der Waals surface area contributed by atoms with Crippen LogP contribution in [0.25, 0.3) is 0 Å². The molecule has 0 nitrogen and oxygen atoms in total. The Balaban J connectivity index is 3.09. The molecule has 0 aliphatic heterocycles. The van der Waals surface area contributed by atoms with Crippen molar-refractivity contribution in [2.24, 2.45) is 0 Å². The Morgan fingerprint density at radius 1 is 0.750 bits per heavy atom. The van der Waals surface area contributed by atoms with Crippen molar-refractivity contribution in [1.82, 2.24) is 0 Å². The molecule has 62 valence electrons. The maximum Gasteiger partial charge on any atom is 0.168 e. The molecule has 0 saturated heterocycles. The largest absolute Gasteiger partial charge is 0.168 e. The van der Waals surface area contributed by atoms with Gasteiger partial charge in [-0.2, -0.15) is 0 Å². The second-order valence-corrected chi connectivity index (χ2v) is 3.94. The van der Waals surface area contributed by atoms with Gasteiger partial charge in [0.05, 0.1) is 0 Å². The van der Waals surface area contributed by atoms with Crippen molar-refractivity contribution in [2.45, 2.75) is 27.3 Å². The maximum atomic E-state index is 2.25. The smallest absolute Gasteiger partial charge is 0.0861 e. The normalized spacial score (nSPS) is 9.67. The summed E-state index contributed by atoms with van der Waals surface area (Å²) in [7, 11) is 0. The predicted octanol–water partition coefficient (Wildman–Crippen LogP) is 1.61. The third-order valence-corrected chi connectivity index (χ3v) is 2.24. The van der Waals surface area contributed by atoms with Crippen LogP contribution in [0.15, 0.2) is 24.3 Å². The fourth-order valence-corrected chi connectivity index (χ4v) is 1.56. The molecule has 0 bridgehead atoms. The van der Waals surface area contributed by atoms with E-state index < -0.39 is 0 Å². The van der Waals surface area contributed by atoms with Gasteiger partial charge in [-0.05, 0) is 0 Å². The Labute approximate surface area is 76.5 Å². The van der Waals surface area contributed by atoms with Gasteiger partial charge in [-0.1, -0.05) is 62.5 Å². The fourth-order valence-electron chi connectivity index (χ4n) is 1.56. The van der Waals surface area contributed by atoms with E-state index >= 15 is 0 Å². The van der Waals surface area contributed by atoms with E-state index in [2.05, 4.69) is 51.6 Å². The zero-order valence-corrected chi connectivity index (χ0v) is 8.46. The van der Waals surface area contributed by atoms with Crippen molar-refractivity contribution in [3.63, 3.8) is 0 Å². The van der Waals surface area contributed by atoms with Crippen molar-refractivity contribution in [2.75, 3.05) is 0 Å². The van der Waals surface area contributed by atoms with Gasteiger partial charge < -0.3 is 0 Å². The summed E-state index contributed by atoms with van der Waals surface area (Å²) < 4.78 is 0. The Bertz CT molecular complexity index is 227. The molecule has 0 atom stereocenters. The molecule has 0 amide bonds. The predicted molar refractivity (Wildman–Crippen MR) is 60.7 cm³/mol. The van der Waals surface area contributed by atoms with E-state index in [0.29, 0.717) is 13.4 Å². The van der Waals surface area contributed by atoms with E-state index in [4.69, 9.17) is 0 Å². The molecule has 0 aliphatic carbocycles. The lowest BCUT2D eigenvalue weighted by Gasteiger charge is -2.11. The van der Waals surface area contributed by atoms with E-state index in [1.54, 1.807) is 0 Å². The molecule has 0 spiro atoms. The minimum absolute atomic E-state index is 0.642. The van der Waals surface area contributed by atoms with Crippen LogP contribution >= 0.6 is 0 Å². The van der Waals surface area contributed by atoms with E-state index in [1.165, 1.54) is 10.9 Å². The molecule has 12 heavy (non-hydrogen) atoms. The average Bonchev–Trinajstić information content (AvgIpc) is 2.04. The SMILES string of the molecule is CB(C)c1ccccc1B(C)C. The first kappa shape index (κ1) is 9.44. The van der Waals surface area contributed by atoms with Crippen molar-refractivity contribution in [3.8, 4) is 0 Å². The van der Waals surface area contributed by atoms with Gasteiger partial charge >= 0.3 is 0 Å². The summed E-state index contributed by atoms with van der Waals surface area (Å²) in [5, 5.41) is 0. The summed E-state index contributed by atoms with van der Waals surface area (Å²) in [6.07, 6.45) is 0. The fraction of sp³-hybridized carbons (Fsp3) is 0.400. The summed E-state index contributed by atoms with van der Waals surface area (Å²) >= 11 is 0. The summed E-state index contributed by atoms with van der Waals surface area (Å²) in [5.41, 5.74) is 2.99. The average molecular weight is 158 g/mol. The number of benzene rings is 1. The Morgan fingerprint density at radius 2 is 1.08 bits per heavy atom. The van der Waals surface area contributed by atoms with Crippen LogP contribution in [0.4, 0.5) is 0 Å². The lowest BCUT2D eigenvalue weighted by molar-refractivity contribution is 1.76. The van der Waals surface area contributed by atoms with E-state index in [-0.39, 0.29) is 0 Å². The Hall–Kier alpha value is -0.650. The number of hydrogen-bond donors (Lipinski definition) is 0. The van der Waals surface area contributed by atoms with E-state index in [1.807, 2.05) is 0 Å². The van der Waals surface area contributed by atoms with Gasteiger partial charge in [-0.3, -0.25) is 0 Å². The number of hydrogen-bond acceptors (Lipinski definition) is 0. The van der Waals surface area contributed by atoms with Crippen molar-refractivity contribution in [3.05, 3.63) is 24.3 Å². The maximum absolute atomic E-state index is 2.25. The zero-order chi connectivity index (χ0) is 9.14. The monoisotopic (exact) mass is 158 g/mol. The van der Waals surface area contributed by atoms with Gasteiger partial charge in [0, 0.05) is 0 Å². The Kier molecular flexibility index (Phi) is 3.02. The van der Waals surface area contributed by atoms with Crippen molar-refractivity contribution >= 4 is 24.4 Å². The summed E-state index contributed by atoms with van der Waals surface area (Å²) in [6, 6.07) is 8.72. The molecule has 1 rings (SSSR count). The van der Waals surface area contributed by atoms with Crippen LogP contribution in [0.3, 0.4) is 0 Å². The summed E-state index contributed by atoms with van der Waals surface area (Å²) in [6.45, 7) is 10.3. The van der Waals surface area contributed by atoms with Crippen LogP contribution in [-0.2, 0) is 0 Å². The first-order valence-electron chi connectivity index (χ1n) is 4.71. The zero-order valence-electron chi connectivity index (χ0n) is 8.46. The van der Waals surface area contributed by atoms with E-state index in [9.17, 15) is 0 Å². The minimum atomic E-state index is 0.642. The standard InChI is InChI=1S/C10H16B2/c1-11(2)9-7-5-6-8-10(9)12(3)4/h5-8H,1-4H3. The lowest BCUT2D eigenvalue weighted by Crippen LogP contribution is -2.43. The van der Waals surface area contributed by atoms with Gasteiger partial charge in [0.1, 0.15) is 0 Å². The molecular formula is C10H16B2. The molecule has 1 aromatic rings. The summed E-state index contributed by atoms with van der Waals surface area (Å²) in [4.78, 5) is 0. The first-order valence-corrected chi connectivity index (χ1v) is 4.71. The third-order valence-electron chi connectivity index (χ3n) is 2.24. The van der Waals surface area contributed by atoms with Crippen LogP contribution in [0.1, 0.15) is 0 Å². The second kappa shape index (κ2) is 3.84. The highest BCUT2D eigenvalue weighted by Crippen LogP contribution is 1.89. The first-order chi connectivity index (χ1) is 5.63. The van der Waals surface area contributed by atoms with Crippen LogP contribution < -0.4 is 10.9 Å². The highest BCUT2D eigenvalue weighted by atomic mass is 13.9. The van der Waals surface area contributed by atoms with Crippen LogP contribution in [0.2, 0.25) is 27.3 Å². The molecule has 0 heterocycles. The van der Waals surface area contributed by atoms with Gasteiger partial charge in [-0.25, -0.2) is 0 Å². The van der Waals surface area contributed by atoms with Crippen LogP contribution in [0, 0.1) is 0 Å². The highest BCUT2D eigenvalue weighted by Gasteiger charge is 2.11. The molecule has 0 radical (unpaired) electrons. The third kappa shape index (κ3) is 1.94. The molecule has 0 unspecified atom stereocenters. The molecule has 0 aliphatic rings. The topological polar surface area (TPSA) is 0 Å². The van der Waals surface area contributed by atoms with Gasteiger partial charge in [0.25, 0.3) is 0 Å². The van der Waals surface area contributed by atoms with Gasteiger partial charge in [-0.15, -0.1) is 0 Å². The highest BCUT2D eigenvalue weighted by molar-refractivity contribution is 6.82. The molecule has 1 aromatic carbocycles. The summed E-state index contributed by atoms with van der Waals surface area (Å²) in [5.74, 6) is 0. The Morgan fingerprint density at radius 3 is 1.33 bits per heavy atom. The molecular weight excluding hydrogens is 142 g/mol. The van der Waals surface area contributed by atoms with Crippen LogP contribution in [0.5, 0.6) is 0 Å². The molecule has 0 saturated carbocycles. The van der Waals surface area contributed by atoms with Gasteiger partial charge in [0.15, 0.2) is 13.4 Å². The minimum Gasteiger partial charge on any atom is -0.0861 e. The lowest BCUT2D eigenvalue weighted by atomic mass is 9.39. The van der Waals surface area contributed by atoms with Crippen LogP contribution in [-0.4, -0.2) is 13.4 Å². The molecule has 2 heteroatoms. The van der Waals surface area contributed by atoms with Crippen molar-refractivity contribution < 1.29 is 0 Å². The van der Waals surface area contributed by atoms with Gasteiger partial charge in [0.2, 0.25) is 0 Å². The van der Waals surface area contributed by atoms with Crippen molar-refractivity contribution in [1.29, 1.82) is 0 Å². The van der Waals surface area contributed by atoms with E-state index in [0.717, 1.165) is 0 Å². The second-order valence-electron chi connectivity index (χ2n) is 3.94. The molecule has 0 N–H and O–H groups in total. The quantitative estimate of drug-likeness (QED) is 0.573. The number of rotatable bonds is 2.